The summed E-state index contributed by atoms with van der Waals surface area (Å²) >= 11 is 0. The van der Waals surface area contributed by atoms with Crippen molar-refractivity contribution in [1.82, 2.24) is 19.1 Å². The molecule has 3 heterocycles. The van der Waals surface area contributed by atoms with E-state index in [2.05, 4.69) is 186 Å². The number of fused-ring (bicyclic) bond motifs is 8. The Hall–Kier alpha value is -4.70. The Labute approximate surface area is 273 Å². The molecule has 0 atom stereocenters. The number of hydrogen-bond donors (Lipinski definition) is 0. The van der Waals surface area contributed by atoms with Gasteiger partial charge in [-0.2, -0.15) is 0 Å². The Morgan fingerprint density at radius 1 is 0.391 bits per heavy atom. The van der Waals surface area contributed by atoms with Crippen molar-refractivity contribution >= 4 is 0 Å². The number of imidazole rings is 2. The fourth-order valence-corrected chi connectivity index (χ4v) is 6.97. The van der Waals surface area contributed by atoms with Crippen LogP contribution in [0.2, 0.25) is 0 Å². The normalized spacial score (nSPS) is 17.4. The van der Waals surface area contributed by atoms with Crippen LogP contribution in [-0.2, 0) is 21.7 Å². The minimum Gasteiger partial charge on any atom is -0.303 e. The first-order valence-corrected chi connectivity index (χ1v) is 16.3. The van der Waals surface area contributed by atoms with Crippen molar-refractivity contribution in [2.45, 2.75) is 77.0 Å². The molecule has 0 saturated heterocycles. The summed E-state index contributed by atoms with van der Waals surface area (Å²) in [5, 5.41) is 0. The second-order valence-electron chi connectivity index (χ2n) is 15.0. The molecule has 6 aromatic rings. The van der Waals surface area contributed by atoms with Gasteiger partial charge in [0.2, 0.25) is 0 Å². The average molecular weight is 605 g/mol. The second kappa shape index (κ2) is 10.4. The Morgan fingerprint density at radius 2 is 0.739 bits per heavy atom. The maximum atomic E-state index is 5.55. The molecule has 4 aromatic carbocycles. The van der Waals surface area contributed by atoms with E-state index >= 15 is 0 Å². The third-order valence-corrected chi connectivity index (χ3v) is 10.5. The molecule has 0 fully saturated rings. The largest absolute Gasteiger partial charge is 0.303 e. The van der Waals surface area contributed by atoms with Gasteiger partial charge in [-0.3, -0.25) is 0 Å². The Kier molecular flexibility index (Phi) is 6.79. The second-order valence-corrected chi connectivity index (χ2v) is 15.0. The van der Waals surface area contributed by atoms with Crippen LogP contribution in [0.15, 0.2) is 122 Å². The minimum atomic E-state index is -0.558. The van der Waals surface area contributed by atoms with Crippen LogP contribution in [0.5, 0.6) is 0 Å². The third-order valence-electron chi connectivity index (χ3n) is 10.5. The van der Waals surface area contributed by atoms with E-state index in [0.29, 0.717) is 0 Å². The van der Waals surface area contributed by atoms with E-state index in [4.69, 9.17) is 9.97 Å². The Balaban J connectivity index is 1.58. The molecule has 0 spiro atoms. The van der Waals surface area contributed by atoms with E-state index in [9.17, 15) is 0 Å². The van der Waals surface area contributed by atoms with E-state index in [1.807, 2.05) is 0 Å². The van der Waals surface area contributed by atoms with Crippen LogP contribution in [0.4, 0.5) is 0 Å². The number of aromatic nitrogens is 4. The molecule has 1 aliphatic heterocycles. The van der Waals surface area contributed by atoms with Gasteiger partial charge >= 0.3 is 0 Å². The average Bonchev–Trinajstić information content (AvgIpc) is 3.74. The fourth-order valence-electron chi connectivity index (χ4n) is 6.97. The van der Waals surface area contributed by atoms with Crippen LogP contribution in [0.25, 0.3) is 11.4 Å². The van der Waals surface area contributed by atoms with E-state index in [1.165, 1.54) is 22.3 Å². The van der Waals surface area contributed by atoms with Crippen molar-refractivity contribution < 1.29 is 0 Å². The molecule has 0 saturated carbocycles. The van der Waals surface area contributed by atoms with Crippen molar-refractivity contribution in [3.8, 4) is 11.4 Å². The van der Waals surface area contributed by atoms with Gasteiger partial charge in [-0.15, -0.1) is 0 Å². The van der Waals surface area contributed by atoms with Crippen molar-refractivity contribution in [2.24, 2.45) is 0 Å². The fraction of sp³-hybridized carbons (Fsp3) is 0.286. The van der Waals surface area contributed by atoms with Crippen LogP contribution in [0.1, 0.15) is 101 Å². The highest BCUT2D eigenvalue weighted by atomic mass is 15.1. The van der Waals surface area contributed by atoms with Crippen molar-refractivity contribution in [3.05, 3.63) is 167 Å². The van der Waals surface area contributed by atoms with Crippen LogP contribution in [0, 0.1) is 0 Å². The first kappa shape index (κ1) is 30.0. The summed E-state index contributed by atoms with van der Waals surface area (Å²) in [6, 6.07) is 39.4. The molecule has 7 rings (SSSR count). The van der Waals surface area contributed by atoms with Crippen LogP contribution in [-0.4, -0.2) is 19.1 Å². The molecule has 2 aromatic heterocycles. The van der Waals surface area contributed by atoms with Gasteiger partial charge < -0.3 is 9.13 Å². The highest BCUT2D eigenvalue weighted by Gasteiger charge is 2.40. The van der Waals surface area contributed by atoms with Gasteiger partial charge in [0.25, 0.3) is 0 Å². The van der Waals surface area contributed by atoms with E-state index < -0.39 is 5.41 Å². The molecule has 4 nitrogen and oxygen atoms in total. The zero-order chi connectivity index (χ0) is 32.5. The van der Waals surface area contributed by atoms with Gasteiger partial charge in [0.1, 0.15) is 11.6 Å². The summed E-state index contributed by atoms with van der Waals surface area (Å²) in [5.41, 5.74) is 7.84. The van der Waals surface area contributed by atoms with Gasteiger partial charge in [0.15, 0.2) is 0 Å². The zero-order valence-electron chi connectivity index (χ0n) is 28.3. The molecule has 0 aliphatic carbocycles. The van der Waals surface area contributed by atoms with Gasteiger partial charge in [0.05, 0.1) is 16.8 Å². The predicted molar refractivity (Wildman–Crippen MR) is 189 cm³/mol. The summed E-state index contributed by atoms with van der Waals surface area (Å²) in [7, 11) is 0. The number of rotatable bonds is 2. The molecule has 8 bridgehead atoms. The molecule has 4 heteroatoms. The lowest BCUT2D eigenvalue weighted by atomic mass is 9.73. The summed E-state index contributed by atoms with van der Waals surface area (Å²) in [6.07, 6.45) is 4.48. The topological polar surface area (TPSA) is 35.6 Å². The lowest BCUT2D eigenvalue weighted by Crippen LogP contribution is -2.29. The summed E-state index contributed by atoms with van der Waals surface area (Å²) < 4.78 is 4.56. The van der Waals surface area contributed by atoms with Crippen LogP contribution >= 0.6 is 0 Å². The first-order valence-electron chi connectivity index (χ1n) is 16.3. The van der Waals surface area contributed by atoms with E-state index in [1.54, 1.807) is 0 Å². The third kappa shape index (κ3) is 4.65. The van der Waals surface area contributed by atoms with Crippen LogP contribution < -0.4 is 0 Å². The SMILES string of the molecule is CC1(C)c2cccc(c2)C(C)(C)c2cn(-c3ccccc3)c(n2)C(C)(C)c2nc(cn2-c2ccccc2)C(C)(C)c2cccc1c2. The monoisotopic (exact) mass is 604 g/mol. The standard InChI is InChI=1S/C42H44N4/c1-39(2)29-17-15-19-31(25-29)40(3,4)35-27-45(33-21-11-9-12-22-33)37(43-35)42(7,8)38-44-36(28-46(38)34-23-13-10-14-24-34)41(5,6)32-20-16-18-30(39)26-32/h9-28H,1-8H3. The zero-order valence-corrected chi connectivity index (χ0v) is 28.3. The molecule has 0 N–H and O–H groups in total. The van der Waals surface area contributed by atoms with Gasteiger partial charge in [-0.25, -0.2) is 9.97 Å². The maximum absolute atomic E-state index is 5.55. The maximum Gasteiger partial charge on any atom is 0.126 e. The van der Waals surface area contributed by atoms with Crippen LogP contribution in [0.3, 0.4) is 0 Å². The number of para-hydroxylation sites is 2. The predicted octanol–water partition coefficient (Wildman–Crippen LogP) is 9.67. The Morgan fingerprint density at radius 3 is 1.11 bits per heavy atom. The molecule has 46 heavy (non-hydrogen) atoms. The molecule has 0 unspecified atom stereocenters. The van der Waals surface area contributed by atoms with Gasteiger partial charge in [-0.05, 0) is 60.4 Å². The Bertz CT molecular complexity index is 1890. The minimum absolute atomic E-state index is 0.208. The molecule has 0 amide bonds. The van der Waals surface area contributed by atoms with Gasteiger partial charge in [-0.1, -0.05) is 126 Å². The quantitative estimate of drug-likeness (QED) is 0.197. The van der Waals surface area contributed by atoms with E-state index in [-0.39, 0.29) is 16.2 Å². The summed E-state index contributed by atoms with van der Waals surface area (Å²) in [5.74, 6) is 1.92. The molecular weight excluding hydrogens is 560 g/mol. The molecule has 0 radical (unpaired) electrons. The lowest BCUT2D eigenvalue weighted by Gasteiger charge is -2.31. The molecule has 232 valence electrons. The number of benzene rings is 4. The van der Waals surface area contributed by atoms with Gasteiger partial charge in [0, 0.05) is 40.0 Å². The summed E-state index contributed by atoms with van der Waals surface area (Å²) in [4.78, 5) is 11.1. The van der Waals surface area contributed by atoms with Crippen molar-refractivity contribution in [2.75, 3.05) is 0 Å². The number of hydrogen-bond acceptors (Lipinski definition) is 2. The number of nitrogens with zero attached hydrogens (tertiary/aromatic N) is 4. The highest BCUT2D eigenvalue weighted by Crippen LogP contribution is 2.42. The van der Waals surface area contributed by atoms with Crippen molar-refractivity contribution in [1.29, 1.82) is 0 Å². The smallest absolute Gasteiger partial charge is 0.126 e. The first-order chi connectivity index (χ1) is 21.8. The highest BCUT2D eigenvalue weighted by molar-refractivity contribution is 5.49. The summed E-state index contributed by atoms with van der Waals surface area (Å²) in [6.45, 7) is 18.4. The molecular formula is C42H44N4. The lowest BCUT2D eigenvalue weighted by molar-refractivity contribution is 0.523. The van der Waals surface area contributed by atoms with Crippen molar-refractivity contribution in [3.63, 3.8) is 0 Å². The molecule has 1 aliphatic rings. The van der Waals surface area contributed by atoms with E-state index in [0.717, 1.165) is 34.4 Å².